The molecule has 0 aliphatic heterocycles. The first-order valence-corrected chi connectivity index (χ1v) is 5.93. The zero-order valence-corrected chi connectivity index (χ0v) is 11.1. The molecule has 21 heavy (non-hydrogen) atoms. The maximum absolute atomic E-state index is 13.6. The van der Waals surface area contributed by atoms with Gasteiger partial charge in [-0.1, -0.05) is 0 Å². The highest BCUT2D eigenvalue weighted by Gasteiger charge is 2.21. The molecule has 110 valence electrons. The number of hydrogen-bond acceptors (Lipinski definition) is 2. The molecule has 0 aromatic heterocycles. The normalized spacial score (nSPS) is 10.6. The molecular weight excluding hydrogens is 288 g/mol. The Morgan fingerprint density at radius 2 is 1.33 bits per heavy atom. The summed E-state index contributed by atoms with van der Waals surface area (Å²) in [5.41, 5.74) is -0.876. The largest absolute Gasteiger partial charge is 0.423 e. The van der Waals surface area contributed by atoms with E-state index in [0.29, 0.717) is 0 Å². The number of halogens is 4. The van der Waals surface area contributed by atoms with E-state index in [1.165, 1.54) is 13.8 Å². The summed E-state index contributed by atoms with van der Waals surface area (Å²) in [6.07, 6.45) is 0. The van der Waals surface area contributed by atoms with Crippen LogP contribution in [0.4, 0.5) is 17.6 Å². The summed E-state index contributed by atoms with van der Waals surface area (Å²) in [6.45, 7) is 2.65. The lowest BCUT2D eigenvalue weighted by molar-refractivity contribution is 0.0723. The Labute approximate surface area is 118 Å². The highest BCUT2D eigenvalue weighted by Crippen LogP contribution is 2.22. The van der Waals surface area contributed by atoms with Crippen LogP contribution in [0, 0.1) is 37.1 Å². The number of esters is 1. The Bertz CT molecular complexity index is 680. The van der Waals surface area contributed by atoms with Gasteiger partial charge in [-0.25, -0.2) is 22.4 Å². The molecule has 0 aliphatic carbocycles. The molecule has 0 bridgehead atoms. The van der Waals surface area contributed by atoms with Gasteiger partial charge in [-0.05, 0) is 31.5 Å². The van der Waals surface area contributed by atoms with Crippen molar-refractivity contribution in [3.63, 3.8) is 0 Å². The van der Waals surface area contributed by atoms with Gasteiger partial charge in [0.25, 0.3) is 0 Å². The molecule has 0 spiro atoms. The van der Waals surface area contributed by atoms with Crippen LogP contribution in [0.25, 0.3) is 0 Å². The second kappa shape index (κ2) is 5.55. The zero-order valence-electron chi connectivity index (χ0n) is 11.1. The second-order valence-electron chi connectivity index (χ2n) is 4.51. The summed E-state index contributed by atoms with van der Waals surface area (Å²) in [5.74, 6) is -5.91. The minimum atomic E-state index is -1.37. The van der Waals surface area contributed by atoms with Crippen molar-refractivity contribution < 1.29 is 27.1 Å². The van der Waals surface area contributed by atoms with Crippen LogP contribution in [-0.2, 0) is 0 Å². The summed E-state index contributed by atoms with van der Waals surface area (Å²) < 4.78 is 58.5. The standard InChI is InChI=1S/C15H10F4O2/c1-7-3-12(18)14(13(19)4-7)15(20)21-9-5-10(16)8(2)11(17)6-9/h3-6H,1-2H3. The molecule has 2 aromatic rings. The molecule has 0 N–H and O–H groups in total. The topological polar surface area (TPSA) is 26.3 Å². The Morgan fingerprint density at radius 1 is 0.857 bits per heavy atom. The van der Waals surface area contributed by atoms with Crippen molar-refractivity contribution in [2.75, 3.05) is 0 Å². The highest BCUT2D eigenvalue weighted by atomic mass is 19.1. The van der Waals surface area contributed by atoms with Crippen LogP contribution in [-0.4, -0.2) is 5.97 Å². The lowest BCUT2D eigenvalue weighted by Gasteiger charge is -2.08. The highest BCUT2D eigenvalue weighted by molar-refractivity contribution is 5.91. The van der Waals surface area contributed by atoms with Gasteiger partial charge in [-0.15, -0.1) is 0 Å². The van der Waals surface area contributed by atoms with Crippen LogP contribution in [0.5, 0.6) is 5.75 Å². The summed E-state index contributed by atoms with van der Waals surface area (Å²) in [7, 11) is 0. The summed E-state index contributed by atoms with van der Waals surface area (Å²) >= 11 is 0. The monoisotopic (exact) mass is 298 g/mol. The van der Waals surface area contributed by atoms with Crippen LogP contribution in [0.3, 0.4) is 0 Å². The summed E-state index contributed by atoms with van der Waals surface area (Å²) in [4.78, 5) is 11.7. The summed E-state index contributed by atoms with van der Waals surface area (Å²) in [6, 6.07) is 3.44. The van der Waals surface area contributed by atoms with Crippen molar-refractivity contribution in [2.45, 2.75) is 13.8 Å². The molecule has 2 nitrogen and oxygen atoms in total. The quantitative estimate of drug-likeness (QED) is 0.474. The zero-order chi connectivity index (χ0) is 15.7. The Balaban J connectivity index is 2.35. The molecular formula is C15H10F4O2. The fourth-order valence-electron chi connectivity index (χ4n) is 1.73. The molecule has 2 rings (SSSR count). The minimum absolute atomic E-state index is 0.248. The maximum Gasteiger partial charge on any atom is 0.349 e. The van der Waals surface area contributed by atoms with E-state index in [1.54, 1.807) is 0 Å². The number of carbonyl (C=O) groups excluding carboxylic acids is 1. The second-order valence-corrected chi connectivity index (χ2v) is 4.51. The molecule has 6 heteroatoms. The van der Waals surface area contributed by atoms with Gasteiger partial charge < -0.3 is 4.74 Å². The molecule has 0 atom stereocenters. The molecule has 0 fully saturated rings. The van der Waals surface area contributed by atoms with Gasteiger partial charge in [0.1, 0.15) is 34.6 Å². The van der Waals surface area contributed by atoms with E-state index in [9.17, 15) is 22.4 Å². The molecule has 0 amide bonds. The van der Waals surface area contributed by atoms with Crippen LogP contribution < -0.4 is 4.74 Å². The van der Waals surface area contributed by atoms with Gasteiger partial charge in [-0.2, -0.15) is 0 Å². The molecule has 0 aliphatic rings. The number of carbonyl (C=O) groups is 1. The lowest BCUT2D eigenvalue weighted by Crippen LogP contribution is -2.14. The predicted molar refractivity (Wildman–Crippen MR) is 67.1 cm³/mol. The number of rotatable bonds is 2. The van der Waals surface area contributed by atoms with Gasteiger partial charge in [-0.3, -0.25) is 0 Å². The fraction of sp³-hybridized carbons (Fsp3) is 0.133. The third-order valence-electron chi connectivity index (χ3n) is 2.86. The van der Waals surface area contributed by atoms with Crippen molar-refractivity contribution in [1.82, 2.24) is 0 Å². The van der Waals surface area contributed by atoms with Crippen molar-refractivity contribution >= 4 is 5.97 Å². The van der Waals surface area contributed by atoms with Gasteiger partial charge in [0.2, 0.25) is 0 Å². The van der Waals surface area contributed by atoms with Crippen LogP contribution in [0.15, 0.2) is 24.3 Å². The van der Waals surface area contributed by atoms with Crippen LogP contribution in [0.2, 0.25) is 0 Å². The molecule has 0 saturated heterocycles. The predicted octanol–water partition coefficient (Wildman–Crippen LogP) is 4.08. The third kappa shape index (κ3) is 3.04. The van der Waals surface area contributed by atoms with E-state index in [0.717, 1.165) is 24.3 Å². The smallest absolute Gasteiger partial charge is 0.349 e. The first kappa shape index (κ1) is 15.0. The molecule has 0 heterocycles. The van der Waals surface area contributed by atoms with E-state index in [1.807, 2.05) is 0 Å². The van der Waals surface area contributed by atoms with Crippen molar-refractivity contribution in [2.24, 2.45) is 0 Å². The van der Waals surface area contributed by atoms with Gasteiger partial charge in [0.05, 0.1) is 0 Å². The number of aryl methyl sites for hydroxylation is 1. The van der Waals surface area contributed by atoms with E-state index in [4.69, 9.17) is 0 Å². The van der Waals surface area contributed by atoms with Gasteiger partial charge in [0, 0.05) is 17.7 Å². The van der Waals surface area contributed by atoms with E-state index < -0.39 is 40.6 Å². The number of hydrogen-bond donors (Lipinski definition) is 0. The molecule has 0 radical (unpaired) electrons. The molecule has 2 aromatic carbocycles. The fourth-order valence-corrected chi connectivity index (χ4v) is 1.73. The van der Waals surface area contributed by atoms with E-state index >= 15 is 0 Å². The summed E-state index contributed by atoms with van der Waals surface area (Å²) in [5, 5.41) is 0. The van der Waals surface area contributed by atoms with Gasteiger partial charge >= 0.3 is 5.97 Å². The van der Waals surface area contributed by atoms with E-state index in [2.05, 4.69) is 4.74 Å². The molecule has 0 saturated carbocycles. The minimum Gasteiger partial charge on any atom is -0.423 e. The Kier molecular flexibility index (Phi) is 3.97. The van der Waals surface area contributed by atoms with Crippen molar-refractivity contribution in [3.05, 3.63) is 64.2 Å². The van der Waals surface area contributed by atoms with Crippen molar-refractivity contribution in [1.29, 1.82) is 0 Å². The average Bonchev–Trinajstić information content (AvgIpc) is 2.34. The van der Waals surface area contributed by atoms with E-state index in [-0.39, 0.29) is 11.1 Å². The Morgan fingerprint density at radius 3 is 1.81 bits per heavy atom. The third-order valence-corrected chi connectivity index (χ3v) is 2.86. The van der Waals surface area contributed by atoms with Gasteiger partial charge in [0.15, 0.2) is 0 Å². The maximum atomic E-state index is 13.6. The van der Waals surface area contributed by atoms with Crippen LogP contribution in [0.1, 0.15) is 21.5 Å². The first-order chi connectivity index (χ1) is 9.79. The van der Waals surface area contributed by atoms with Crippen LogP contribution >= 0.6 is 0 Å². The number of benzene rings is 2. The number of ether oxygens (including phenoxy) is 1. The first-order valence-electron chi connectivity index (χ1n) is 5.93. The SMILES string of the molecule is Cc1cc(F)c(C(=O)Oc2cc(F)c(C)c(F)c2)c(F)c1. The lowest BCUT2D eigenvalue weighted by atomic mass is 10.1. The molecule has 0 unspecified atom stereocenters. The van der Waals surface area contributed by atoms with Crippen molar-refractivity contribution in [3.8, 4) is 5.75 Å². The average molecular weight is 298 g/mol. The Hall–Kier alpha value is -2.37.